The molecule has 0 aliphatic carbocycles. The molecule has 0 saturated carbocycles. The van der Waals surface area contributed by atoms with Crippen molar-refractivity contribution in [2.24, 2.45) is 0 Å². The van der Waals surface area contributed by atoms with Gasteiger partial charge in [-0.1, -0.05) is 48.0 Å². The Hall–Kier alpha value is -1.51. The lowest BCUT2D eigenvalue weighted by atomic mass is 10.0. The van der Waals surface area contributed by atoms with Crippen LogP contribution in [0.3, 0.4) is 0 Å². The Kier molecular flexibility index (Phi) is 6.75. The molecule has 0 spiro atoms. The zero-order valence-electron chi connectivity index (χ0n) is 13.4. The zero-order valence-corrected chi connectivity index (χ0v) is 14.1. The second-order valence-electron chi connectivity index (χ2n) is 5.70. The number of ether oxygens (including phenoxy) is 1. The molecule has 2 nitrogen and oxygen atoms in total. The van der Waals surface area contributed by atoms with Gasteiger partial charge >= 0.3 is 0 Å². The van der Waals surface area contributed by atoms with Crippen LogP contribution in [0.5, 0.6) is 5.75 Å². The van der Waals surface area contributed by atoms with E-state index >= 15 is 0 Å². The van der Waals surface area contributed by atoms with Crippen LogP contribution in [0.1, 0.15) is 17.5 Å². The molecule has 0 N–H and O–H groups in total. The van der Waals surface area contributed by atoms with Gasteiger partial charge in [-0.15, -0.1) is 0 Å². The van der Waals surface area contributed by atoms with Gasteiger partial charge in [-0.2, -0.15) is 0 Å². The molecule has 0 bridgehead atoms. The van der Waals surface area contributed by atoms with Crippen molar-refractivity contribution in [1.82, 2.24) is 4.90 Å². The predicted molar refractivity (Wildman–Crippen MR) is 94.0 cm³/mol. The number of benzene rings is 2. The molecule has 0 heterocycles. The predicted octanol–water partition coefficient (Wildman–Crippen LogP) is 4.46. The maximum Gasteiger partial charge on any atom is 0.122 e. The van der Waals surface area contributed by atoms with Crippen LogP contribution in [0, 0.1) is 0 Å². The van der Waals surface area contributed by atoms with Gasteiger partial charge in [0.1, 0.15) is 5.75 Å². The standard InChI is InChI=1S/C19H24ClNO/c1-21(2)14-7-15-22-19-11-6-4-9-17(19)13-12-16-8-3-5-10-18(16)20/h3-6,8-11H,7,12-15H2,1-2H3. The lowest BCUT2D eigenvalue weighted by molar-refractivity contribution is 0.279. The highest BCUT2D eigenvalue weighted by atomic mass is 35.5. The molecule has 0 radical (unpaired) electrons. The van der Waals surface area contributed by atoms with Crippen molar-refractivity contribution in [3.05, 3.63) is 64.7 Å². The Morgan fingerprint density at radius 3 is 2.27 bits per heavy atom. The minimum Gasteiger partial charge on any atom is -0.493 e. The molecule has 3 heteroatoms. The second kappa shape index (κ2) is 8.82. The molecule has 2 aromatic rings. The van der Waals surface area contributed by atoms with E-state index in [-0.39, 0.29) is 0 Å². The van der Waals surface area contributed by atoms with E-state index in [9.17, 15) is 0 Å². The number of para-hydroxylation sites is 1. The average Bonchev–Trinajstić information content (AvgIpc) is 2.51. The highest BCUT2D eigenvalue weighted by molar-refractivity contribution is 6.31. The van der Waals surface area contributed by atoms with E-state index in [1.165, 1.54) is 11.1 Å². The summed E-state index contributed by atoms with van der Waals surface area (Å²) in [7, 11) is 4.16. The summed E-state index contributed by atoms with van der Waals surface area (Å²) in [6.07, 6.45) is 2.90. The minimum absolute atomic E-state index is 0.751. The number of rotatable bonds is 8. The summed E-state index contributed by atoms with van der Waals surface area (Å²) >= 11 is 6.23. The first kappa shape index (κ1) is 16.9. The third-order valence-electron chi connectivity index (χ3n) is 3.60. The SMILES string of the molecule is CN(C)CCCOc1ccccc1CCc1ccccc1Cl. The monoisotopic (exact) mass is 317 g/mol. The molecule has 0 fully saturated rings. The average molecular weight is 318 g/mol. The van der Waals surface area contributed by atoms with Gasteiger partial charge in [0.25, 0.3) is 0 Å². The van der Waals surface area contributed by atoms with E-state index in [1.54, 1.807) is 0 Å². The third kappa shape index (κ3) is 5.36. The molecule has 0 aromatic heterocycles. The number of halogens is 1. The maximum absolute atomic E-state index is 6.23. The highest BCUT2D eigenvalue weighted by Gasteiger charge is 2.05. The van der Waals surface area contributed by atoms with Gasteiger partial charge in [-0.25, -0.2) is 0 Å². The fourth-order valence-corrected chi connectivity index (χ4v) is 2.61. The van der Waals surface area contributed by atoms with Crippen LogP contribution in [-0.2, 0) is 12.8 Å². The summed E-state index contributed by atoms with van der Waals surface area (Å²) in [5, 5.41) is 0.840. The highest BCUT2D eigenvalue weighted by Crippen LogP contribution is 2.22. The van der Waals surface area contributed by atoms with Gasteiger partial charge < -0.3 is 9.64 Å². The van der Waals surface area contributed by atoms with Gasteiger partial charge in [0, 0.05) is 11.6 Å². The van der Waals surface area contributed by atoms with E-state index in [0.717, 1.165) is 43.2 Å². The zero-order chi connectivity index (χ0) is 15.8. The molecule has 2 rings (SSSR count). The smallest absolute Gasteiger partial charge is 0.122 e. The molecule has 22 heavy (non-hydrogen) atoms. The number of nitrogens with zero attached hydrogens (tertiary/aromatic N) is 1. The molecular formula is C19H24ClNO. The first-order chi connectivity index (χ1) is 10.7. The molecule has 0 aliphatic heterocycles. The van der Waals surface area contributed by atoms with Crippen molar-refractivity contribution in [2.45, 2.75) is 19.3 Å². The Labute approximate surface area is 138 Å². The summed E-state index contributed by atoms with van der Waals surface area (Å²) in [5.74, 6) is 0.994. The van der Waals surface area contributed by atoms with Crippen LogP contribution >= 0.6 is 11.6 Å². The molecule has 0 amide bonds. The summed E-state index contributed by atoms with van der Waals surface area (Å²) in [6, 6.07) is 16.3. The lowest BCUT2D eigenvalue weighted by Gasteiger charge is -2.13. The normalized spacial score (nSPS) is 10.9. The van der Waals surface area contributed by atoms with Crippen LogP contribution in [0.4, 0.5) is 0 Å². The van der Waals surface area contributed by atoms with E-state index in [1.807, 2.05) is 24.3 Å². The third-order valence-corrected chi connectivity index (χ3v) is 3.97. The van der Waals surface area contributed by atoms with Crippen LogP contribution in [-0.4, -0.2) is 32.1 Å². The van der Waals surface area contributed by atoms with Gasteiger partial charge in [-0.3, -0.25) is 0 Å². The summed E-state index contributed by atoms with van der Waals surface area (Å²) in [4.78, 5) is 2.17. The van der Waals surface area contributed by atoms with Gasteiger partial charge in [0.2, 0.25) is 0 Å². The molecule has 0 saturated heterocycles. The van der Waals surface area contributed by atoms with Crippen LogP contribution in [0.2, 0.25) is 5.02 Å². The first-order valence-electron chi connectivity index (χ1n) is 7.75. The second-order valence-corrected chi connectivity index (χ2v) is 6.11. The van der Waals surface area contributed by atoms with Gasteiger partial charge in [0.05, 0.1) is 6.61 Å². The van der Waals surface area contributed by atoms with Crippen molar-refractivity contribution in [3.8, 4) is 5.75 Å². The van der Waals surface area contributed by atoms with Crippen LogP contribution in [0.25, 0.3) is 0 Å². The lowest BCUT2D eigenvalue weighted by Crippen LogP contribution is -2.15. The minimum atomic E-state index is 0.751. The van der Waals surface area contributed by atoms with Crippen molar-refractivity contribution >= 4 is 11.6 Å². The Balaban J connectivity index is 1.92. The topological polar surface area (TPSA) is 12.5 Å². The Bertz CT molecular complexity index is 583. The van der Waals surface area contributed by atoms with Gasteiger partial charge in [-0.05, 0) is 56.6 Å². The van der Waals surface area contributed by atoms with Crippen molar-refractivity contribution in [3.63, 3.8) is 0 Å². The molecular weight excluding hydrogens is 294 g/mol. The van der Waals surface area contributed by atoms with E-state index in [0.29, 0.717) is 0 Å². The van der Waals surface area contributed by atoms with Crippen LogP contribution in [0.15, 0.2) is 48.5 Å². The van der Waals surface area contributed by atoms with Gasteiger partial charge in [0.15, 0.2) is 0 Å². The molecule has 0 atom stereocenters. The van der Waals surface area contributed by atoms with E-state index in [4.69, 9.17) is 16.3 Å². The molecule has 118 valence electrons. The Morgan fingerprint density at radius 2 is 1.55 bits per heavy atom. The Morgan fingerprint density at radius 1 is 0.909 bits per heavy atom. The van der Waals surface area contributed by atoms with Crippen molar-refractivity contribution < 1.29 is 4.74 Å². The van der Waals surface area contributed by atoms with Crippen molar-refractivity contribution in [2.75, 3.05) is 27.2 Å². The van der Waals surface area contributed by atoms with Crippen molar-refractivity contribution in [1.29, 1.82) is 0 Å². The number of hydrogen-bond acceptors (Lipinski definition) is 2. The molecule has 0 unspecified atom stereocenters. The fourth-order valence-electron chi connectivity index (χ4n) is 2.38. The molecule has 0 aliphatic rings. The first-order valence-corrected chi connectivity index (χ1v) is 8.13. The largest absolute Gasteiger partial charge is 0.493 e. The van der Waals surface area contributed by atoms with Crippen LogP contribution < -0.4 is 4.74 Å². The van der Waals surface area contributed by atoms with E-state index in [2.05, 4.69) is 43.3 Å². The summed E-state index contributed by atoms with van der Waals surface area (Å²) in [5.41, 5.74) is 2.43. The number of hydrogen-bond donors (Lipinski definition) is 0. The maximum atomic E-state index is 6.23. The quantitative estimate of drug-likeness (QED) is 0.667. The number of aryl methyl sites for hydroxylation is 2. The summed E-state index contributed by atoms with van der Waals surface area (Å²) in [6.45, 7) is 1.79. The molecule has 2 aromatic carbocycles. The summed E-state index contributed by atoms with van der Waals surface area (Å²) < 4.78 is 5.95. The van der Waals surface area contributed by atoms with E-state index < -0.39 is 0 Å². The fraction of sp³-hybridized carbons (Fsp3) is 0.368.